The fourth-order valence-corrected chi connectivity index (χ4v) is 1.89. The summed E-state index contributed by atoms with van der Waals surface area (Å²) in [6.45, 7) is 1.27. The maximum atomic E-state index is 11.4. The maximum Gasteiger partial charge on any atom is 0.224 e. The molecule has 0 spiro atoms. The molecule has 0 bridgehead atoms. The van der Waals surface area contributed by atoms with Gasteiger partial charge < -0.3 is 4.90 Å². The summed E-state index contributed by atoms with van der Waals surface area (Å²) in [5, 5.41) is -0.0285. The van der Waals surface area contributed by atoms with Crippen LogP contribution >= 0.6 is 11.6 Å². The van der Waals surface area contributed by atoms with E-state index in [1.807, 2.05) is 12.1 Å². The van der Waals surface area contributed by atoms with E-state index in [0.717, 1.165) is 5.56 Å². The van der Waals surface area contributed by atoms with Crippen LogP contribution in [0.2, 0.25) is 0 Å². The van der Waals surface area contributed by atoms with Gasteiger partial charge in [-0.1, -0.05) is 6.07 Å². The molecule has 1 fully saturated rings. The first-order valence-corrected chi connectivity index (χ1v) is 5.00. The van der Waals surface area contributed by atoms with Crippen molar-refractivity contribution >= 4 is 17.5 Å². The molecule has 2 heterocycles. The van der Waals surface area contributed by atoms with Crippen molar-refractivity contribution < 1.29 is 4.79 Å². The van der Waals surface area contributed by atoms with Gasteiger partial charge in [0.15, 0.2) is 0 Å². The summed E-state index contributed by atoms with van der Waals surface area (Å²) >= 11 is 5.89. The van der Waals surface area contributed by atoms with Gasteiger partial charge in [-0.2, -0.15) is 0 Å². The number of alkyl halides is 1. The third kappa shape index (κ3) is 2.04. The van der Waals surface area contributed by atoms with Gasteiger partial charge in [-0.3, -0.25) is 9.78 Å². The van der Waals surface area contributed by atoms with Crippen LogP contribution in [0.1, 0.15) is 12.0 Å². The molecule has 0 saturated carbocycles. The summed E-state index contributed by atoms with van der Waals surface area (Å²) in [5.41, 5.74) is 1.05. The molecular formula is C10H11ClN2O. The van der Waals surface area contributed by atoms with Gasteiger partial charge in [0.1, 0.15) is 0 Å². The number of amides is 1. The van der Waals surface area contributed by atoms with Crippen LogP contribution in [0.4, 0.5) is 0 Å². The standard InChI is InChI=1S/C10H11ClN2O/c11-9-4-10(14)13(7-9)6-8-2-1-3-12-5-8/h1-3,5,9H,4,6-7H2. The SMILES string of the molecule is O=C1CC(Cl)CN1Cc1cccnc1. The highest BCUT2D eigenvalue weighted by atomic mass is 35.5. The number of pyridine rings is 1. The molecule has 1 aromatic rings. The fourth-order valence-electron chi connectivity index (χ4n) is 1.59. The molecule has 74 valence electrons. The molecule has 1 amide bonds. The summed E-state index contributed by atoms with van der Waals surface area (Å²) in [7, 11) is 0. The Kier molecular flexibility index (Phi) is 2.68. The average molecular weight is 211 g/mol. The van der Waals surface area contributed by atoms with Crippen LogP contribution in [0.3, 0.4) is 0 Å². The molecular weight excluding hydrogens is 200 g/mol. The molecule has 1 unspecified atom stereocenters. The minimum Gasteiger partial charge on any atom is -0.337 e. The zero-order valence-electron chi connectivity index (χ0n) is 7.69. The molecule has 0 aliphatic carbocycles. The molecule has 0 aromatic carbocycles. The average Bonchev–Trinajstić information content (AvgIpc) is 2.47. The van der Waals surface area contributed by atoms with Gasteiger partial charge in [0, 0.05) is 31.9 Å². The van der Waals surface area contributed by atoms with Crippen LogP contribution in [-0.2, 0) is 11.3 Å². The Morgan fingerprint density at radius 2 is 2.50 bits per heavy atom. The van der Waals surface area contributed by atoms with Crippen molar-refractivity contribution in [2.75, 3.05) is 6.54 Å². The van der Waals surface area contributed by atoms with Gasteiger partial charge in [0.05, 0.1) is 5.38 Å². The van der Waals surface area contributed by atoms with Crippen LogP contribution < -0.4 is 0 Å². The molecule has 1 aliphatic rings. The van der Waals surface area contributed by atoms with Crippen LogP contribution in [-0.4, -0.2) is 27.7 Å². The highest BCUT2D eigenvalue weighted by Crippen LogP contribution is 2.18. The van der Waals surface area contributed by atoms with E-state index in [0.29, 0.717) is 19.5 Å². The minimum atomic E-state index is -0.0285. The van der Waals surface area contributed by atoms with E-state index in [9.17, 15) is 4.79 Å². The molecule has 14 heavy (non-hydrogen) atoms. The number of rotatable bonds is 2. The number of hydrogen-bond acceptors (Lipinski definition) is 2. The second-order valence-corrected chi connectivity index (χ2v) is 4.05. The van der Waals surface area contributed by atoms with Gasteiger partial charge in [-0.25, -0.2) is 0 Å². The van der Waals surface area contributed by atoms with Gasteiger partial charge in [0.25, 0.3) is 0 Å². The van der Waals surface area contributed by atoms with E-state index in [1.54, 1.807) is 17.3 Å². The normalized spacial score (nSPS) is 21.6. The Hall–Kier alpha value is -1.09. The lowest BCUT2D eigenvalue weighted by atomic mass is 10.3. The lowest BCUT2D eigenvalue weighted by Crippen LogP contribution is -2.24. The van der Waals surface area contributed by atoms with Crippen LogP contribution in [0.15, 0.2) is 24.5 Å². The third-order valence-corrected chi connectivity index (χ3v) is 2.56. The lowest BCUT2D eigenvalue weighted by Gasteiger charge is -2.14. The molecule has 1 aliphatic heterocycles. The molecule has 3 nitrogen and oxygen atoms in total. The Morgan fingerprint density at radius 3 is 3.07 bits per heavy atom. The number of halogens is 1. The summed E-state index contributed by atoms with van der Waals surface area (Å²) in [6, 6.07) is 3.83. The Bertz CT molecular complexity index is 328. The smallest absolute Gasteiger partial charge is 0.224 e. The Labute approximate surface area is 87.7 Å². The van der Waals surface area contributed by atoms with E-state index < -0.39 is 0 Å². The number of hydrogen-bond donors (Lipinski definition) is 0. The molecule has 1 atom stereocenters. The van der Waals surface area contributed by atoms with Crippen LogP contribution in [0, 0.1) is 0 Å². The Morgan fingerprint density at radius 1 is 1.64 bits per heavy atom. The van der Waals surface area contributed by atoms with E-state index in [4.69, 9.17) is 11.6 Å². The van der Waals surface area contributed by atoms with Crippen molar-refractivity contribution in [2.45, 2.75) is 18.3 Å². The predicted molar refractivity (Wildman–Crippen MR) is 53.9 cm³/mol. The summed E-state index contributed by atoms with van der Waals surface area (Å²) in [6.07, 6.45) is 3.95. The zero-order chi connectivity index (χ0) is 9.97. The maximum absolute atomic E-state index is 11.4. The quantitative estimate of drug-likeness (QED) is 0.692. The first-order valence-electron chi connectivity index (χ1n) is 4.56. The van der Waals surface area contributed by atoms with E-state index in [2.05, 4.69) is 4.98 Å². The van der Waals surface area contributed by atoms with Gasteiger partial charge in [0.2, 0.25) is 5.91 Å². The predicted octanol–water partition coefficient (Wildman–Crippen LogP) is 1.42. The number of carbonyl (C=O) groups excluding carboxylic acids is 1. The van der Waals surface area contributed by atoms with Crippen molar-refractivity contribution in [3.05, 3.63) is 30.1 Å². The van der Waals surface area contributed by atoms with E-state index >= 15 is 0 Å². The molecule has 1 aromatic heterocycles. The van der Waals surface area contributed by atoms with Crippen LogP contribution in [0.25, 0.3) is 0 Å². The molecule has 4 heteroatoms. The highest BCUT2D eigenvalue weighted by molar-refractivity contribution is 6.22. The topological polar surface area (TPSA) is 33.2 Å². The van der Waals surface area contributed by atoms with Crippen molar-refractivity contribution in [1.29, 1.82) is 0 Å². The summed E-state index contributed by atoms with van der Waals surface area (Å²) in [5.74, 6) is 0.133. The van der Waals surface area contributed by atoms with E-state index in [-0.39, 0.29) is 11.3 Å². The first kappa shape index (κ1) is 9.46. The highest BCUT2D eigenvalue weighted by Gasteiger charge is 2.27. The molecule has 2 rings (SSSR count). The monoisotopic (exact) mass is 210 g/mol. The summed E-state index contributed by atoms with van der Waals surface area (Å²) < 4.78 is 0. The fraction of sp³-hybridized carbons (Fsp3) is 0.400. The van der Waals surface area contributed by atoms with Crippen molar-refractivity contribution in [3.63, 3.8) is 0 Å². The van der Waals surface area contributed by atoms with Crippen LogP contribution in [0.5, 0.6) is 0 Å². The number of aromatic nitrogens is 1. The van der Waals surface area contributed by atoms with Crippen molar-refractivity contribution in [1.82, 2.24) is 9.88 Å². The number of nitrogens with zero attached hydrogens (tertiary/aromatic N) is 2. The molecule has 0 N–H and O–H groups in total. The second kappa shape index (κ2) is 3.96. The molecule has 1 saturated heterocycles. The lowest BCUT2D eigenvalue weighted by molar-refractivity contribution is -0.128. The van der Waals surface area contributed by atoms with Crippen molar-refractivity contribution in [3.8, 4) is 0 Å². The third-order valence-electron chi connectivity index (χ3n) is 2.26. The Balaban J connectivity index is 2.02. The second-order valence-electron chi connectivity index (χ2n) is 3.44. The van der Waals surface area contributed by atoms with Crippen molar-refractivity contribution in [2.24, 2.45) is 0 Å². The zero-order valence-corrected chi connectivity index (χ0v) is 8.44. The van der Waals surface area contributed by atoms with Gasteiger partial charge in [-0.15, -0.1) is 11.6 Å². The number of likely N-dealkylation sites (tertiary alicyclic amines) is 1. The van der Waals surface area contributed by atoms with Gasteiger partial charge >= 0.3 is 0 Å². The first-order chi connectivity index (χ1) is 6.75. The largest absolute Gasteiger partial charge is 0.337 e. The minimum absolute atomic E-state index is 0.0285. The summed E-state index contributed by atoms with van der Waals surface area (Å²) in [4.78, 5) is 17.2. The number of carbonyl (C=O) groups is 1. The molecule has 0 radical (unpaired) electrons. The van der Waals surface area contributed by atoms with E-state index in [1.165, 1.54) is 0 Å². The van der Waals surface area contributed by atoms with Gasteiger partial charge in [-0.05, 0) is 11.6 Å².